The number of likely N-dealkylation sites (N-methyl/N-ethyl adjacent to an activating group) is 1. The summed E-state index contributed by atoms with van der Waals surface area (Å²) in [6.07, 6.45) is 0. The first-order chi connectivity index (χ1) is 8.18. The van der Waals surface area contributed by atoms with Crippen molar-refractivity contribution in [3.05, 3.63) is 23.3 Å². The van der Waals surface area contributed by atoms with Crippen LogP contribution in [0.1, 0.15) is 25.0 Å². The number of nitrogens with zero attached hydrogens (tertiary/aromatic N) is 1. The fourth-order valence-corrected chi connectivity index (χ4v) is 1.97. The number of carbonyl (C=O) groups excluding carboxylic acids is 1. The average Bonchev–Trinajstić information content (AvgIpc) is 2.24. The van der Waals surface area contributed by atoms with Gasteiger partial charge in [-0.25, -0.2) is 0 Å². The van der Waals surface area contributed by atoms with E-state index in [1.807, 2.05) is 26.0 Å². The van der Waals surface area contributed by atoms with Gasteiger partial charge in [0.15, 0.2) is 0 Å². The molecule has 4 nitrogen and oxygen atoms in total. The van der Waals surface area contributed by atoms with Crippen molar-refractivity contribution in [2.75, 3.05) is 19.1 Å². The SMILES string of the molecule is COc1c(C)cc(C)cc1N(C)C(=O)C(C)(C)O. The summed E-state index contributed by atoms with van der Waals surface area (Å²) in [6, 6.07) is 3.86. The zero-order valence-corrected chi connectivity index (χ0v) is 11.9. The molecule has 0 fully saturated rings. The summed E-state index contributed by atoms with van der Waals surface area (Å²) in [4.78, 5) is 13.5. The van der Waals surface area contributed by atoms with Gasteiger partial charge >= 0.3 is 0 Å². The molecule has 0 bridgehead atoms. The molecule has 0 spiro atoms. The highest BCUT2D eigenvalue weighted by Gasteiger charge is 2.29. The Balaban J connectivity index is 3.28. The third kappa shape index (κ3) is 2.82. The number of methoxy groups -OCH3 is 1. The van der Waals surface area contributed by atoms with Crippen molar-refractivity contribution >= 4 is 11.6 Å². The topological polar surface area (TPSA) is 49.8 Å². The molecule has 0 unspecified atom stereocenters. The lowest BCUT2D eigenvalue weighted by atomic mass is 10.1. The van der Waals surface area contributed by atoms with Crippen molar-refractivity contribution in [3.63, 3.8) is 0 Å². The third-order valence-electron chi connectivity index (χ3n) is 2.79. The largest absolute Gasteiger partial charge is 0.494 e. The van der Waals surface area contributed by atoms with Crippen molar-refractivity contribution in [3.8, 4) is 5.75 Å². The number of hydrogen-bond acceptors (Lipinski definition) is 3. The van der Waals surface area contributed by atoms with E-state index in [-0.39, 0.29) is 5.91 Å². The highest BCUT2D eigenvalue weighted by molar-refractivity contribution is 5.99. The zero-order valence-electron chi connectivity index (χ0n) is 11.9. The van der Waals surface area contributed by atoms with E-state index in [9.17, 15) is 9.90 Å². The molecule has 1 N–H and O–H groups in total. The Morgan fingerprint density at radius 1 is 1.33 bits per heavy atom. The molecule has 100 valence electrons. The third-order valence-corrected chi connectivity index (χ3v) is 2.79. The fourth-order valence-electron chi connectivity index (χ4n) is 1.97. The predicted molar refractivity (Wildman–Crippen MR) is 72.2 cm³/mol. The Morgan fingerprint density at radius 3 is 2.33 bits per heavy atom. The van der Waals surface area contributed by atoms with Gasteiger partial charge in [0.1, 0.15) is 11.4 Å². The van der Waals surface area contributed by atoms with Gasteiger partial charge in [0.05, 0.1) is 12.8 Å². The second-order valence-electron chi connectivity index (χ2n) is 5.06. The van der Waals surface area contributed by atoms with Crippen molar-refractivity contribution in [1.29, 1.82) is 0 Å². The molecule has 1 aromatic rings. The van der Waals surface area contributed by atoms with Gasteiger partial charge in [0, 0.05) is 7.05 Å². The van der Waals surface area contributed by atoms with E-state index in [2.05, 4.69) is 0 Å². The number of aliphatic hydroxyl groups is 1. The molecule has 0 heterocycles. The number of anilines is 1. The molecular formula is C14H21NO3. The van der Waals surface area contributed by atoms with Crippen LogP contribution >= 0.6 is 0 Å². The van der Waals surface area contributed by atoms with Gasteiger partial charge in [-0.3, -0.25) is 4.79 Å². The molecule has 18 heavy (non-hydrogen) atoms. The molecule has 1 amide bonds. The highest BCUT2D eigenvalue weighted by Crippen LogP contribution is 2.33. The number of rotatable bonds is 3. The monoisotopic (exact) mass is 251 g/mol. The molecule has 0 saturated heterocycles. The van der Waals surface area contributed by atoms with Crippen LogP contribution < -0.4 is 9.64 Å². The van der Waals surface area contributed by atoms with Crippen LogP contribution in [0.2, 0.25) is 0 Å². The van der Waals surface area contributed by atoms with Crippen molar-refractivity contribution in [2.24, 2.45) is 0 Å². The van der Waals surface area contributed by atoms with Crippen LogP contribution in [0.5, 0.6) is 5.75 Å². The summed E-state index contributed by atoms with van der Waals surface area (Å²) in [5.74, 6) is 0.284. The van der Waals surface area contributed by atoms with Gasteiger partial charge in [-0.05, 0) is 44.9 Å². The molecule has 1 aromatic carbocycles. The first-order valence-corrected chi connectivity index (χ1v) is 5.84. The summed E-state index contributed by atoms with van der Waals surface area (Å²) in [7, 11) is 3.21. The smallest absolute Gasteiger partial charge is 0.258 e. The Labute approximate surface area is 108 Å². The zero-order chi connectivity index (χ0) is 14.1. The molecule has 0 aliphatic heterocycles. The van der Waals surface area contributed by atoms with Gasteiger partial charge < -0.3 is 14.7 Å². The summed E-state index contributed by atoms with van der Waals surface area (Å²) in [5, 5.41) is 9.79. The summed E-state index contributed by atoms with van der Waals surface area (Å²) in [5.41, 5.74) is 1.26. The van der Waals surface area contributed by atoms with Crippen LogP contribution in [0, 0.1) is 13.8 Å². The van der Waals surface area contributed by atoms with Gasteiger partial charge in [-0.15, -0.1) is 0 Å². The van der Waals surface area contributed by atoms with Crippen molar-refractivity contribution in [2.45, 2.75) is 33.3 Å². The number of aryl methyl sites for hydroxylation is 2. The number of ether oxygens (including phenoxy) is 1. The lowest BCUT2D eigenvalue weighted by molar-refractivity contribution is -0.133. The fraction of sp³-hybridized carbons (Fsp3) is 0.500. The minimum absolute atomic E-state index is 0.370. The minimum atomic E-state index is -1.41. The minimum Gasteiger partial charge on any atom is -0.494 e. The van der Waals surface area contributed by atoms with Crippen LogP contribution in [0.15, 0.2) is 12.1 Å². The second-order valence-corrected chi connectivity index (χ2v) is 5.06. The molecule has 0 radical (unpaired) electrons. The van der Waals surface area contributed by atoms with Gasteiger partial charge in [0.2, 0.25) is 0 Å². The summed E-state index contributed by atoms with van der Waals surface area (Å²) < 4.78 is 5.34. The van der Waals surface area contributed by atoms with Gasteiger partial charge in [0.25, 0.3) is 5.91 Å². The Bertz CT molecular complexity index is 461. The quantitative estimate of drug-likeness (QED) is 0.894. The van der Waals surface area contributed by atoms with Crippen LogP contribution in [-0.2, 0) is 4.79 Å². The Morgan fingerprint density at radius 2 is 1.89 bits per heavy atom. The number of hydrogen-bond donors (Lipinski definition) is 1. The van der Waals surface area contributed by atoms with Gasteiger partial charge in [-0.1, -0.05) is 6.07 Å². The van der Waals surface area contributed by atoms with Crippen LogP contribution in [0.25, 0.3) is 0 Å². The Kier molecular flexibility index (Phi) is 4.02. The summed E-state index contributed by atoms with van der Waals surface area (Å²) >= 11 is 0. The maximum absolute atomic E-state index is 12.1. The first-order valence-electron chi connectivity index (χ1n) is 5.84. The van der Waals surface area contributed by atoms with Crippen LogP contribution in [0.3, 0.4) is 0 Å². The van der Waals surface area contributed by atoms with E-state index in [0.29, 0.717) is 11.4 Å². The maximum Gasteiger partial charge on any atom is 0.258 e. The number of benzene rings is 1. The second kappa shape index (κ2) is 4.98. The Hall–Kier alpha value is -1.55. The van der Waals surface area contributed by atoms with Crippen LogP contribution in [-0.4, -0.2) is 30.8 Å². The van der Waals surface area contributed by atoms with E-state index in [4.69, 9.17) is 4.74 Å². The summed E-state index contributed by atoms with van der Waals surface area (Å²) in [6.45, 7) is 6.83. The van der Waals surface area contributed by atoms with E-state index in [0.717, 1.165) is 11.1 Å². The van der Waals surface area contributed by atoms with E-state index in [1.165, 1.54) is 18.7 Å². The lowest BCUT2D eigenvalue weighted by Gasteiger charge is -2.27. The van der Waals surface area contributed by atoms with E-state index < -0.39 is 5.60 Å². The molecule has 1 rings (SSSR count). The normalized spacial score (nSPS) is 11.3. The maximum atomic E-state index is 12.1. The molecule has 0 saturated carbocycles. The molecular weight excluding hydrogens is 230 g/mol. The lowest BCUT2D eigenvalue weighted by Crippen LogP contribution is -2.43. The standard InChI is InChI=1S/C14H21NO3/c1-9-7-10(2)12(18-6)11(8-9)15(5)13(16)14(3,4)17/h7-8,17H,1-6H3. The molecule has 0 aliphatic carbocycles. The van der Waals surface area contributed by atoms with Crippen molar-refractivity contribution < 1.29 is 14.6 Å². The van der Waals surface area contributed by atoms with E-state index in [1.54, 1.807) is 14.2 Å². The molecule has 0 aliphatic rings. The van der Waals surface area contributed by atoms with Crippen molar-refractivity contribution in [1.82, 2.24) is 0 Å². The highest BCUT2D eigenvalue weighted by atomic mass is 16.5. The first kappa shape index (κ1) is 14.5. The van der Waals surface area contributed by atoms with E-state index >= 15 is 0 Å². The molecule has 0 aromatic heterocycles. The average molecular weight is 251 g/mol. The number of amides is 1. The molecule has 0 atom stereocenters. The predicted octanol–water partition coefficient (Wildman–Crippen LogP) is 2.05. The number of carbonyl (C=O) groups is 1. The van der Waals surface area contributed by atoms with Crippen LogP contribution in [0.4, 0.5) is 5.69 Å². The molecule has 4 heteroatoms. The van der Waals surface area contributed by atoms with Gasteiger partial charge in [-0.2, -0.15) is 0 Å².